The van der Waals surface area contributed by atoms with Gasteiger partial charge in [0.2, 0.25) is 5.91 Å². The lowest BCUT2D eigenvalue weighted by atomic mass is 9.66. The Balaban J connectivity index is 2.57. The molecule has 1 saturated carbocycles. The third-order valence-corrected chi connectivity index (χ3v) is 3.33. The molecule has 1 fully saturated rings. The standard InChI is InChI=1S/C11H18FNO4/c1-17-6-5-11(3-2-4-11)10(16)13-8(7-12)9(14)15/h8H,2-7H2,1H3,(H,13,16)(H,14,15). The summed E-state index contributed by atoms with van der Waals surface area (Å²) in [5, 5.41) is 10.9. The molecule has 0 aromatic carbocycles. The van der Waals surface area contributed by atoms with E-state index in [-0.39, 0.29) is 5.91 Å². The molecule has 0 aromatic rings. The summed E-state index contributed by atoms with van der Waals surface area (Å²) >= 11 is 0. The van der Waals surface area contributed by atoms with Crippen LogP contribution >= 0.6 is 0 Å². The van der Waals surface area contributed by atoms with E-state index in [1.54, 1.807) is 7.11 Å². The van der Waals surface area contributed by atoms with Gasteiger partial charge in [0.15, 0.2) is 6.04 Å². The van der Waals surface area contributed by atoms with E-state index in [0.29, 0.717) is 25.9 Å². The molecule has 6 heteroatoms. The van der Waals surface area contributed by atoms with Gasteiger partial charge in [-0.3, -0.25) is 4.79 Å². The number of hydrogen-bond acceptors (Lipinski definition) is 3. The normalized spacial score (nSPS) is 19.2. The van der Waals surface area contributed by atoms with Gasteiger partial charge in [-0.05, 0) is 19.3 Å². The lowest BCUT2D eigenvalue weighted by Crippen LogP contribution is -2.52. The van der Waals surface area contributed by atoms with Crippen LogP contribution in [0.1, 0.15) is 25.7 Å². The highest BCUT2D eigenvalue weighted by atomic mass is 19.1. The summed E-state index contributed by atoms with van der Waals surface area (Å²) in [6.07, 6.45) is 2.90. The van der Waals surface area contributed by atoms with Crippen LogP contribution in [0.2, 0.25) is 0 Å². The Kier molecular flexibility index (Phi) is 4.86. The van der Waals surface area contributed by atoms with Crippen molar-refractivity contribution >= 4 is 11.9 Å². The van der Waals surface area contributed by atoms with Crippen LogP contribution in [0.3, 0.4) is 0 Å². The summed E-state index contributed by atoms with van der Waals surface area (Å²) in [5.74, 6) is -1.71. The van der Waals surface area contributed by atoms with Crippen molar-refractivity contribution in [3.63, 3.8) is 0 Å². The lowest BCUT2D eigenvalue weighted by Gasteiger charge is -2.40. The minimum Gasteiger partial charge on any atom is -0.480 e. The third-order valence-electron chi connectivity index (χ3n) is 3.33. The van der Waals surface area contributed by atoms with Gasteiger partial charge in [0.05, 0.1) is 5.41 Å². The molecule has 1 atom stereocenters. The first kappa shape index (κ1) is 13.9. The molecule has 0 aromatic heterocycles. The molecule has 0 saturated heterocycles. The summed E-state index contributed by atoms with van der Waals surface area (Å²) < 4.78 is 17.3. The second-order valence-corrected chi connectivity index (χ2v) is 4.40. The number of ether oxygens (including phenoxy) is 1. The van der Waals surface area contributed by atoms with E-state index >= 15 is 0 Å². The summed E-state index contributed by atoms with van der Waals surface area (Å²) in [6, 6.07) is -1.44. The summed E-state index contributed by atoms with van der Waals surface area (Å²) in [5.41, 5.74) is -0.557. The highest BCUT2D eigenvalue weighted by Crippen LogP contribution is 2.44. The van der Waals surface area contributed by atoms with Crippen molar-refractivity contribution in [2.45, 2.75) is 31.7 Å². The Hall–Kier alpha value is -1.17. The fourth-order valence-corrected chi connectivity index (χ4v) is 1.97. The van der Waals surface area contributed by atoms with Crippen molar-refractivity contribution in [2.75, 3.05) is 20.4 Å². The Morgan fingerprint density at radius 2 is 2.18 bits per heavy atom. The molecule has 1 aliphatic rings. The molecular weight excluding hydrogens is 229 g/mol. The van der Waals surface area contributed by atoms with Crippen molar-refractivity contribution in [3.8, 4) is 0 Å². The number of nitrogens with one attached hydrogen (secondary N) is 1. The fourth-order valence-electron chi connectivity index (χ4n) is 1.97. The molecule has 0 radical (unpaired) electrons. The van der Waals surface area contributed by atoms with Crippen LogP contribution in [0.5, 0.6) is 0 Å². The predicted molar refractivity (Wildman–Crippen MR) is 58.3 cm³/mol. The second-order valence-electron chi connectivity index (χ2n) is 4.40. The molecule has 17 heavy (non-hydrogen) atoms. The second kappa shape index (κ2) is 5.95. The highest BCUT2D eigenvalue weighted by molar-refractivity contribution is 5.88. The van der Waals surface area contributed by atoms with Gasteiger partial charge in [0.1, 0.15) is 6.67 Å². The van der Waals surface area contributed by atoms with Gasteiger partial charge in [0.25, 0.3) is 0 Å². The lowest BCUT2D eigenvalue weighted by molar-refractivity contribution is -0.147. The number of methoxy groups -OCH3 is 1. The molecule has 0 bridgehead atoms. The first-order valence-corrected chi connectivity index (χ1v) is 5.64. The number of amides is 1. The Morgan fingerprint density at radius 1 is 1.53 bits per heavy atom. The summed E-state index contributed by atoms with van der Waals surface area (Å²) in [7, 11) is 1.55. The molecule has 1 unspecified atom stereocenters. The first-order valence-electron chi connectivity index (χ1n) is 5.64. The van der Waals surface area contributed by atoms with Crippen molar-refractivity contribution in [1.82, 2.24) is 5.32 Å². The zero-order valence-corrected chi connectivity index (χ0v) is 9.87. The molecule has 0 aliphatic heterocycles. The van der Waals surface area contributed by atoms with Gasteiger partial charge in [-0.25, -0.2) is 9.18 Å². The minimum atomic E-state index is -1.44. The predicted octanol–water partition coefficient (Wildman–Crippen LogP) is 0.732. The van der Waals surface area contributed by atoms with E-state index in [1.807, 2.05) is 0 Å². The van der Waals surface area contributed by atoms with E-state index in [0.717, 1.165) is 6.42 Å². The smallest absolute Gasteiger partial charge is 0.328 e. The fraction of sp³-hybridized carbons (Fsp3) is 0.818. The van der Waals surface area contributed by atoms with Crippen LogP contribution in [-0.4, -0.2) is 43.4 Å². The zero-order valence-electron chi connectivity index (χ0n) is 9.87. The largest absolute Gasteiger partial charge is 0.480 e. The number of aliphatic carboxylic acids is 1. The summed E-state index contributed by atoms with van der Waals surface area (Å²) in [6.45, 7) is -0.651. The maximum absolute atomic E-state index is 12.4. The van der Waals surface area contributed by atoms with Gasteiger partial charge in [0, 0.05) is 13.7 Å². The monoisotopic (exact) mass is 247 g/mol. The SMILES string of the molecule is COCCC1(C(=O)NC(CF)C(=O)O)CCC1. The number of carboxylic acid groups (broad SMARTS) is 1. The highest BCUT2D eigenvalue weighted by Gasteiger charge is 2.44. The maximum atomic E-state index is 12.4. The molecule has 1 rings (SSSR count). The van der Waals surface area contributed by atoms with E-state index in [1.165, 1.54) is 0 Å². The Labute approximate surface area is 99.3 Å². The van der Waals surface area contributed by atoms with Crippen LogP contribution < -0.4 is 5.32 Å². The van der Waals surface area contributed by atoms with E-state index < -0.39 is 24.1 Å². The average molecular weight is 247 g/mol. The first-order chi connectivity index (χ1) is 8.05. The molecule has 2 N–H and O–H groups in total. The number of halogens is 1. The topological polar surface area (TPSA) is 75.6 Å². The minimum absolute atomic E-state index is 0.370. The third kappa shape index (κ3) is 3.15. The molecule has 0 spiro atoms. The number of carbonyl (C=O) groups is 2. The van der Waals surface area contributed by atoms with Crippen LogP contribution in [0.4, 0.5) is 4.39 Å². The van der Waals surface area contributed by atoms with Gasteiger partial charge in [-0.1, -0.05) is 6.42 Å². The quantitative estimate of drug-likeness (QED) is 0.695. The Bertz CT molecular complexity index is 291. The maximum Gasteiger partial charge on any atom is 0.328 e. The molecule has 0 heterocycles. The van der Waals surface area contributed by atoms with Gasteiger partial charge < -0.3 is 15.2 Å². The number of rotatable bonds is 7. The van der Waals surface area contributed by atoms with Crippen molar-refractivity contribution in [1.29, 1.82) is 0 Å². The van der Waals surface area contributed by atoms with Crippen LogP contribution in [0, 0.1) is 5.41 Å². The number of alkyl halides is 1. The van der Waals surface area contributed by atoms with Gasteiger partial charge >= 0.3 is 5.97 Å². The molecular formula is C11H18FNO4. The van der Waals surface area contributed by atoms with Crippen molar-refractivity contribution in [2.24, 2.45) is 5.41 Å². The molecule has 5 nitrogen and oxygen atoms in total. The summed E-state index contributed by atoms with van der Waals surface area (Å²) in [4.78, 5) is 22.6. The molecule has 98 valence electrons. The van der Waals surface area contributed by atoms with E-state index in [4.69, 9.17) is 9.84 Å². The van der Waals surface area contributed by atoms with Gasteiger partial charge in [-0.2, -0.15) is 0 Å². The average Bonchev–Trinajstić information content (AvgIpc) is 2.24. The molecule has 1 amide bonds. The van der Waals surface area contributed by atoms with Crippen molar-refractivity contribution in [3.05, 3.63) is 0 Å². The van der Waals surface area contributed by atoms with Crippen molar-refractivity contribution < 1.29 is 23.8 Å². The number of hydrogen-bond donors (Lipinski definition) is 2. The Morgan fingerprint density at radius 3 is 2.53 bits per heavy atom. The van der Waals surface area contributed by atoms with E-state index in [9.17, 15) is 14.0 Å². The molecule has 1 aliphatic carbocycles. The number of carbonyl (C=O) groups excluding carboxylic acids is 1. The van der Waals surface area contributed by atoms with Crippen LogP contribution in [-0.2, 0) is 14.3 Å². The van der Waals surface area contributed by atoms with Gasteiger partial charge in [-0.15, -0.1) is 0 Å². The number of carboxylic acids is 1. The van der Waals surface area contributed by atoms with E-state index in [2.05, 4.69) is 5.32 Å². The van der Waals surface area contributed by atoms with Crippen LogP contribution in [0.15, 0.2) is 0 Å². The van der Waals surface area contributed by atoms with Crippen LogP contribution in [0.25, 0.3) is 0 Å². The zero-order chi connectivity index (χ0) is 12.9.